The van der Waals surface area contributed by atoms with Gasteiger partial charge in [0.25, 0.3) is 5.91 Å². The number of hydrogen-bond donors (Lipinski definition) is 1. The van der Waals surface area contributed by atoms with Crippen LogP contribution in [0, 0.1) is 5.82 Å². The van der Waals surface area contributed by atoms with E-state index >= 15 is 0 Å². The third kappa shape index (κ3) is 4.65. The number of carbonyl (C=O) groups is 1. The molecule has 0 bridgehead atoms. The van der Waals surface area contributed by atoms with Crippen LogP contribution in [0.25, 0.3) is 0 Å². The molecule has 23 heavy (non-hydrogen) atoms. The van der Waals surface area contributed by atoms with E-state index in [2.05, 4.69) is 5.32 Å². The Morgan fingerprint density at radius 2 is 2.04 bits per heavy atom. The lowest BCUT2D eigenvalue weighted by Gasteiger charge is -2.26. The van der Waals surface area contributed by atoms with Crippen LogP contribution in [0.15, 0.2) is 18.2 Å². The van der Waals surface area contributed by atoms with Gasteiger partial charge in [-0.15, -0.1) is 0 Å². The largest absolute Gasteiger partial charge is 0.351 e. The van der Waals surface area contributed by atoms with Gasteiger partial charge in [-0.25, -0.2) is 12.8 Å². The molecule has 128 valence electrons. The molecule has 0 radical (unpaired) electrons. The summed E-state index contributed by atoms with van der Waals surface area (Å²) in [6.45, 7) is 0.272. The van der Waals surface area contributed by atoms with Crippen molar-refractivity contribution in [1.29, 1.82) is 0 Å². The third-order valence-electron chi connectivity index (χ3n) is 3.97. The van der Waals surface area contributed by atoms with E-state index in [4.69, 9.17) is 11.6 Å². The van der Waals surface area contributed by atoms with Crippen molar-refractivity contribution in [2.24, 2.45) is 0 Å². The first-order chi connectivity index (χ1) is 10.8. The zero-order valence-corrected chi connectivity index (χ0v) is 14.5. The Hall–Kier alpha value is -1.18. The number of halogens is 2. The lowest BCUT2D eigenvalue weighted by molar-refractivity contribution is 0.0946. The standard InChI is InChI=1S/C15H20ClFN2O3S/c1-23(21,22)19(11-5-2-3-6-11)10-9-18-15(20)14-12(16)7-4-8-13(14)17/h4,7-8,11H,2-3,5-6,9-10H2,1H3,(H,18,20). The maximum atomic E-state index is 13.7. The number of nitrogens with one attached hydrogen (secondary N) is 1. The summed E-state index contributed by atoms with van der Waals surface area (Å²) < 4.78 is 38.9. The van der Waals surface area contributed by atoms with E-state index in [0.29, 0.717) is 0 Å². The maximum Gasteiger partial charge on any atom is 0.255 e. The normalized spacial score (nSPS) is 16.0. The molecule has 1 amide bonds. The highest BCUT2D eigenvalue weighted by Gasteiger charge is 2.29. The monoisotopic (exact) mass is 362 g/mol. The molecular formula is C15H20ClFN2O3S. The van der Waals surface area contributed by atoms with Crippen LogP contribution in [-0.2, 0) is 10.0 Å². The van der Waals surface area contributed by atoms with Gasteiger partial charge in [0, 0.05) is 19.1 Å². The first kappa shape index (κ1) is 18.2. The highest BCUT2D eigenvalue weighted by atomic mass is 35.5. The molecule has 2 rings (SSSR count). The van der Waals surface area contributed by atoms with Crippen LogP contribution < -0.4 is 5.32 Å². The van der Waals surface area contributed by atoms with Crippen LogP contribution in [0.3, 0.4) is 0 Å². The Morgan fingerprint density at radius 3 is 2.61 bits per heavy atom. The number of nitrogens with zero attached hydrogens (tertiary/aromatic N) is 1. The van der Waals surface area contributed by atoms with Crippen LogP contribution in [0.1, 0.15) is 36.0 Å². The summed E-state index contributed by atoms with van der Waals surface area (Å²) >= 11 is 5.83. The quantitative estimate of drug-likeness (QED) is 0.845. The van der Waals surface area contributed by atoms with Crippen molar-refractivity contribution in [3.05, 3.63) is 34.6 Å². The van der Waals surface area contributed by atoms with Crippen LogP contribution in [0.4, 0.5) is 4.39 Å². The predicted molar refractivity (Wildman–Crippen MR) is 87.5 cm³/mol. The zero-order chi connectivity index (χ0) is 17.0. The number of amides is 1. The summed E-state index contributed by atoms with van der Waals surface area (Å²) in [6, 6.07) is 3.99. The fraction of sp³-hybridized carbons (Fsp3) is 0.533. The average Bonchev–Trinajstić information content (AvgIpc) is 2.95. The van der Waals surface area contributed by atoms with Crippen molar-refractivity contribution in [2.75, 3.05) is 19.3 Å². The molecule has 1 aliphatic carbocycles. The molecule has 5 nitrogen and oxygen atoms in total. The first-order valence-corrected chi connectivity index (χ1v) is 9.72. The molecule has 1 aliphatic rings. The highest BCUT2D eigenvalue weighted by Crippen LogP contribution is 2.25. The van der Waals surface area contributed by atoms with E-state index in [9.17, 15) is 17.6 Å². The van der Waals surface area contributed by atoms with Crippen LogP contribution in [-0.4, -0.2) is 44.0 Å². The zero-order valence-electron chi connectivity index (χ0n) is 12.9. The van der Waals surface area contributed by atoms with Gasteiger partial charge < -0.3 is 5.32 Å². The van der Waals surface area contributed by atoms with Crippen LogP contribution in [0.5, 0.6) is 0 Å². The second-order valence-corrected chi connectivity index (χ2v) is 8.01. The molecular weight excluding hydrogens is 343 g/mol. The molecule has 0 saturated heterocycles. The Bertz CT molecular complexity index is 655. The molecule has 0 atom stereocenters. The number of benzene rings is 1. The molecule has 8 heteroatoms. The van der Waals surface area contributed by atoms with Gasteiger partial charge in [-0.05, 0) is 25.0 Å². The first-order valence-electron chi connectivity index (χ1n) is 7.49. The van der Waals surface area contributed by atoms with Crippen molar-refractivity contribution >= 4 is 27.5 Å². The topological polar surface area (TPSA) is 66.5 Å². The van der Waals surface area contributed by atoms with E-state index in [1.165, 1.54) is 22.7 Å². The maximum absolute atomic E-state index is 13.7. The minimum absolute atomic E-state index is 0.0149. The molecule has 0 aromatic heterocycles. The van der Waals surface area contributed by atoms with Crippen molar-refractivity contribution in [3.8, 4) is 0 Å². The van der Waals surface area contributed by atoms with Gasteiger partial charge >= 0.3 is 0 Å². The molecule has 1 aromatic rings. The van der Waals surface area contributed by atoms with Gasteiger partial charge in [0.05, 0.1) is 16.8 Å². The molecule has 0 spiro atoms. The summed E-state index contributed by atoms with van der Waals surface area (Å²) in [5.74, 6) is -1.35. The smallest absolute Gasteiger partial charge is 0.255 e. The van der Waals surface area contributed by atoms with Gasteiger partial charge in [-0.2, -0.15) is 4.31 Å². The molecule has 1 aromatic carbocycles. The number of rotatable bonds is 6. The van der Waals surface area contributed by atoms with E-state index in [1.807, 2.05) is 0 Å². The fourth-order valence-electron chi connectivity index (χ4n) is 2.89. The molecule has 1 fully saturated rings. The number of sulfonamides is 1. The number of carbonyl (C=O) groups excluding carboxylic acids is 1. The summed E-state index contributed by atoms with van der Waals surface area (Å²) in [7, 11) is -3.35. The SMILES string of the molecule is CS(=O)(=O)N(CCNC(=O)c1c(F)cccc1Cl)C1CCCC1. The Balaban J connectivity index is 1.98. The van der Waals surface area contributed by atoms with E-state index < -0.39 is 21.7 Å². The summed E-state index contributed by atoms with van der Waals surface area (Å²) in [5.41, 5.74) is -0.221. The fourth-order valence-corrected chi connectivity index (χ4v) is 4.32. The Morgan fingerprint density at radius 1 is 1.39 bits per heavy atom. The van der Waals surface area contributed by atoms with Crippen molar-refractivity contribution in [2.45, 2.75) is 31.7 Å². The third-order valence-corrected chi connectivity index (χ3v) is 5.61. The van der Waals surface area contributed by atoms with Gasteiger partial charge in [0.15, 0.2) is 0 Å². The van der Waals surface area contributed by atoms with E-state index in [-0.39, 0.29) is 29.7 Å². The highest BCUT2D eigenvalue weighted by molar-refractivity contribution is 7.88. The predicted octanol–water partition coefficient (Wildman–Crippen LogP) is 2.41. The lowest BCUT2D eigenvalue weighted by atomic mass is 10.2. The Labute approximate surface area is 140 Å². The second-order valence-electron chi connectivity index (χ2n) is 5.66. The van der Waals surface area contributed by atoms with Crippen LogP contribution in [0.2, 0.25) is 5.02 Å². The Kier molecular flexibility index (Phi) is 6.00. The average molecular weight is 363 g/mol. The van der Waals surface area contributed by atoms with E-state index in [0.717, 1.165) is 31.7 Å². The second kappa shape index (κ2) is 7.59. The summed E-state index contributed by atoms with van der Waals surface area (Å²) in [5, 5.41) is 2.56. The molecule has 0 unspecified atom stereocenters. The molecule has 0 aliphatic heterocycles. The van der Waals surface area contributed by atoms with Gasteiger partial charge in [0.1, 0.15) is 5.82 Å². The minimum atomic E-state index is -3.35. The van der Waals surface area contributed by atoms with Gasteiger partial charge in [-0.3, -0.25) is 4.79 Å². The lowest BCUT2D eigenvalue weighted by Crippen LogP contribution is -2.43. The minimum Gasteiger partial charge on any atom is -0.351 e. The molecule has 0 heterocycles. The van der Waals surface area contributed by atoms with Crippen molar-refractivity contribution < 1.29 is 17.6 Å². The summed E-state index contributed by atoms with van der Waals surface area (Å²) in [6.07, 6.45) is 4.85. The van der Waals surface area contributed by atoms with Gasteiger partial charge in [-0.1, -0.05) is 30.5 Å². The van der Waals surface area contributed by atoms with Crippen molar-refractivity contribution in [3.63, 3.8) is 0 Å². The van der Waals surface area contributed by atoms with Gasteiger partial charge in [0.2, 0.25) is 10.0 Å². The van der Waals surface area contributed by atoms with Crippen LogP contribution >= 0.6 is 11.6 Å². The van der Waals surface area contributed by atoms with E-state index in [1.54, 1.807) is 0 Å². The number of hydrogen-bond acceptors (Lipinski definition) is 3. The summed E-state index contributed by atoms with van der Waals surface area (Å²) in [4.78, 5) is 12.0. The molecule has 1 N–H and O–H groups in total. The van der Waals surface area contributed by atoms with Crippen molar-refractivity contribution in [1.82, 2.24) is 9.62 Å². The molecule has 1 saturated carbocycles.